The maximum Gasteiger partial charge on any atom is 0.306 e. The Balaban J connectivity index is 1.58. The van der Waals surface area contributed by atoms with E-state index in [0.29, 0.717) is 17.9 Å². The van der Waals surface area contributed by atoms with Gasteiger partial charge in [-0.05, 0) is 36.6 Å². The van der Waals surface area contributed by atoms with E-state index in [9.17, 15) is 4.79 Å². The van der Waals surface area contributed by atoms with E-state index < -0.39 is 0 Å². The first-order valence-electron chi connectivity index (χ1n) is 8.41. The number of pyridine rings is 1. The van der Waals surface area contributed by atoms with Gasteiger partial charge in [0.05, 0.1) is 19.9 Å². The highest BCUT2D eigenvalue weighted by atomic mass is 16.5. The predicted molar refractivity (Wildman–Crippen MR) is 97.6 cm³/mol. The van der Waals surface area contributed by atoms with Crippen LogP contribution < -0.4 is 9.47 Å². The highest BCUT2D eigenvalue weighted by Gasteiger charge is 2.12. The van der Waals surface area contributed by atoms with Gasteiger partial charge >= 0.3 is 5.97 Å². The molecule has 6 heteroatoms. The minimum Gasteiger partial charge on any atom is -0.493 e. The lowest BCUT2D eigenvalue weighted by atomic mass is 10.1. The molecule has 0 saturated heterocycles. The Morgan fingerprint density at radius 1 is 1.15 bits per heavy atom. The van der Waals surface area contributed by atoms with Gasteiger partial charge in [-0.3, -0.25) is 4.79 Å². The number of benzene rings is 1. The Labute approximate surface area is 152 Å². The summed E-state index contributed by atoms with van der Waals surface area (Å²) in [5.74, 6) is 1.03. The molecule has 0 saturated carbocycles. The van der Waals surface area contributed by atoms with Gasteiger partial charge in [0, 0.05) is 18.8 Å². The molecular formula is C20H22N2O4. The number of fused-ring (bicyclic) bond motifs is 1. The van der Waals surface area contributed by atoms with E-state index in [0.717, 1.165) is 22.5 Å². The summed E-state index contributed by atoms with van der Waals surface area (Å²) in [6, 6.07) is 9.58. The molecule has 0 bridgehead atoms. The number of nitrogens with zero attached hydrogens (tertiary/aromatic N) is 2. The smallest absolute Gasteiger partial charge is 0.306 e. The van der Waals surface area contributed by atoms with E-state index in [1.807, 2.05) is 54.0 Å². The maximum atomic E-state index is 12.1. The summed E-state index contributed by atoms with van der Waals surface area (Å²) >= 11 is 0. The minimum atomic E-state index is -0.274. The van der Waals surface area contributed by atoms with Gasteiger partial charge in [-0.1, -0.05) is 18.2 Å². The Kier molecular flexibility index (Phi) is 5.41. The van der Waals surface area contributed by atoms with Gasteiger partial charge in [-0.15, -0.1) is 0 Å². The topological polar surface area (TPSA) is 62.1 Å². The van der Waals surface area contributed by atoms with Crippen LogP contribution in [0.4, 0.5) is 0 Å². The molecule has 0 aliphatic rings. The van der Waals surface area contributed by atoms with Gasteiger partial charge in [0.25, 0.3) is 0 Å². The number of para-hydroxylation sites is 1. The molecule has 0 fully saturated rings. The molecule has 26 heavy (non-hydrogen) atoms. The molecular weight excluding hydrogens is 332 g/mol. The van der Waals surface area contributed by atoms with Crippen molar-refractivity contribution in [1.29, 1.82) is 0 Å². The van der Waals surface area contributed by atoms with Crippen LogP contribution in [-0.2, 0) is 22.6 Å². The lowest BCUT2D eigenvalue weighted by molar-refractivity contribution is -0.145. The number of methoxy groups -OCH3 is 2. The van der Waals surface area contributed by atoms with Crippen molar-refractivity contribution >= 4 is 11.6 Å². The van der Waals surface area contributed by atoms with Crippen molar-refractivity contribution in [2.75, 3.05) is 14.2 Å². The van der Waals surface area contributed by atoms with E-state index in [-0.39, 0.29) is 19.0 Å². The lowest BCUT2D eigenvalue weighted by Crippen LogP contribution is -2.07. The minimum absolute atomic E-state index is 0.162. The number of rotatable bonds is 7. The Morgan fingerprint density at radius 2 is 2.00 bits per heavy atom. The highest BCUT2D eigenvalue weighted by molar-refractivity contribution is 5.70. The van der Waals surface area contributed by atoms with Crippen molar-refractivity contribution in [3.05, 3.63) is 59.5 Å². The molecule has 3 aromatic rings. The fraction of sp³-hybridized carbons (Fsp3) is 0.300. The van der Waals surface area contributed by atoms with Crippen molar-refractivity contribution in [2.45, 2.75) is 26.4 Å². The summed E-state index contributed by atoms with van der Waals surface area (Å²) < 4.78 is 18.0. The molecule has 0 spiro atoms. The van der Waals surface area contributed by atoms with Crippen LogP contribution in [0.3, 0.4) is 0 Å². The number of carbonyl (C=O) groups is 1. The third-order valence-electron chi connectivity index (χ3n) is 4.19. The van der Waals surface area contributed by atoms with Crippen LogP contribution in [0.15, 0.2) is 42.7 Å². The molecule has 0 N–H and O–H groups in total. The van der Waals surface area contributed by atoms with Gasteiger partial charge in [0.2, 0.25) is 0 Å². The highest BCUT2D eigenvalue weighted by Crippen LogP contribution is 2.31. The van der Waals surface area contributed by atoms with E-state index in [1.54, 1.807) is 14.2 Å². The molecule has 0 aliphatic heterocycles. The first kappa shape index (κ1) is 17.8. The second-order valence-electron chi connectivity index (χ2n) is 5.97. The second-order valence-corrected chi connectivity index (χ2v) is 5.97. The summed E-state index contributed by atoms with van der Waals surface area (Å²) in [5.41, 5.74) is 3.59. The van der Waals surface area contributed by atoms with Gasteiger partial charge in [0.1, 0.15) is 12.3 Å². The molecule has 0 atom stereocenters. The quantitative estimate of drug-likeness (QED) is 0.609. The number of aryl methyl sites for hydroxylation is 2. The van der Waals surface area contributed by atoms with Crippen LogP contribution in [0.25, 0.3) is 5.65 Å². The normalized spacial score (nSPS) is 10.7. The van der Waals surface area contributed by atoms with Crippen molar-refractivity contribution < 1.29 is 19.0 Å². The maximum absolute atomic E-state index is 12.1. The van der Waals surface area contributed by atoms with Crippen LogP contribution in [0.2, 0.25) is 0 Å². The number of carbonyl (C=O) groups excluding carboxylic acids is 1. The van der Waals surface area contributed by atoms with Crippen molar-refractivity contribution in [3.8, 4) is 11.5 Å². The van der Waals surface area contributed by atoms with E-state index in [4.69, 9.17) is 14.2 Å². The fourth-order valence-corrected chi connectivity index (χ4v) is 2.89. The Hall–Kier alpha value is -3.02. The van der Waals surface area contributed by atoms with E-state index in [2.05, 4.69) is 4.98 Å². The second kappa shape index (κ2) is 7.91. The molecule has 136 valence electrons. The lowest BCUT2D eigenvalue weighted by Gasteiger charge is -2.12. The number of esters is 1. The molecule has 0 radical (unpaired) electrons. The first-order chi connectivity index (χ1) is 12.6. The SMILES string of the molecule is COc1cccc(CCC(=O)OCc2cn3cccc(C)c3n2)c1OC. The van der Waals surface area contributed by atoms with Crippen LogP contribution >= 0.6 is 0 Å². The van der Waals surface area contributed by atoms with Crippen LogP contribution in [0.5, 0.6) is 11.5 Å². The number of hydrogen-bond donors (Lipinski definition) is 0. The Bertz CT molecular complexity index is 917. The van der Waals surface area contributed by atoms with Crippen LogP contribution in [-0.4, -0.2) is 29.6 Å². The zero-order chi connectivity index (χ0) is 18.5. The average Bonchev–Trinajstić information content (AvgIpc) is 3.08. The summed E-state index contributed by atoms with van der Waals surface area (Å²) in [6.07, 6.45) is 4.58. The summed E-state index contributed by atoms with van der Waals surface area (Å²) in [6.45, 7) is 2.16. The molecule has 1 aromatic carbocycles. The number of aromatic nitrogens is 2. The van der Waals surface area contributed by atoms with E-state index >= 15 is 0 Å². The van der Waals surface area contributed by atoms with Gasteiger partial charge in [-0.25, -0.2) is 4.98 Å². The summed E-state index contributed by atoms with van der Waals surface area (Å²) in [4.78, 5) is 16.6. The fourth-order valence-electron chi connectivity index (χ4n) is 2.89. The van der Waals surface area contributed by atoms with Gasteiger partial charge < -0.3 is 18.6 Å². The van der Waals surface area contributed by atoms with Gasteiger partial charge in [-0.2, -0.15) is 0 Å². The van der Waals surface area contributed by atoms with Crippen molar-refractivity contribution in [2.24, 2.45) is 0 Å². The van der Waals surface area contributed by atoms with Gasteiger partial charge in [0.15, 0.2) is 11.5 Å². The standard InChI is InChI=1S/C20H22N2O4/c1-14-6-5-11-22-12-16(21-20(14)22)13-26-18(23)10-9-15-7-4-8-17(24-2)19(15)25-3/h4-8,11-12H,9-10,13H2,1-3H3. The summed E-state index contributed by atoms with van der Waals surface area (Å²) in [5, 5.41) is 0. The molecule has 6 nitrogen and oxygen atoms in total. The Morgan fingerprint density at radius 3 is 2.73 bits per heavy atom. The summed E-state index contributed by atoms with van der Waals surface area (Å²) in [7, 11) is 3.18. The molecule has 0 amide bonds. The third-order valence-corrected chi connectivity index (χ3v) is 4.19. The monoisotopic (exact) mass is 354 g/mol. The largest absolute Gasteiger partial charge is 0.493 e. The van der Waals surface area contributed by atoms with Crippen LogP contribution in [0.1, 0.15) is 23.2 Å². The number of ether oxygens (including phenoxy) is 3. The number of imidazole rings is 1. The zero-order valence-corrected chi connectivity index (χ0v) is 15.2. The van der Waals surface area contributed by atoms with Crippen molar-refractivity contribution in [1.82, 2.24) is 9.38 Å². The molecule has 0 aliphatic carbocycles. The van der Waals surface area contributed by atoms with Crippen molar-refractivity contribution in [3.63, 3.8) is 0 Å². The zero-order valence-electron chi connectivity index (χ0n) is 15.2. The first-order valence-corrected chi connectivity index (χ1v) is 8.41. The van der Waals surface area contributed by atoms with Crippen LogP contribution in [0, 0.1) is 6.92 Å². The van der Waals surface area contributed by atoms with E-state index in [1.165, 1.54) is 0 Å². The molecule has 2 aromatic heterocycles. The average molecular weight is 354 g/mol. The third kappa shape index (κ3) is 3.79. The molecule has 0 unspecified atom stereocenters. The molecule has 2 heterocycles. The predicted octanol–water partition coefficient (Wildman–Crippen LogP) is 3.34. The molecule has 3 rings (SSSR count). The number of hydrogen-bond acceptors (Lipinski definition) is 5.